The zero-order chi connectivity index (χ0) is 15.1. The monoisotopic (exact) mass is 304 g/mol. The molecule has 2 heterocycles. The Morgan fingerprint density at radius 3 is 2.81 bits per heavy atom. The van der Waals surface area contributed by atoms with Gasteiger partial charge in [-0.1, -0.05) is 0 Å². The minimum absolute atomic E-state index is 0.0832. The summed E-state index contributed by atoms with van der Waals surface area (Å²) in [5.74, 6) is 0.285. The number of amides is 2. The second kappa shape index (κ2) is 5.04. The van der Waals surface area contributed by atoms with Gasteiger partial charge in [0.1, 0.15) is 10.8 Å². The van der Waals surface area contributed by atoms with Gasteiger partial charge in [0.05, 0.1) is 11.8 Å². The first-order valence-electron chi connectivity index (χ1n) is 6.73. The first-order valence-corrected chi connectivity index (χ1v) is 7.54. The SMILES string of the molecule is Cc1sc(NC(=O)[C@@H]2C[C@@H]2c2ccco2)c(C(N)=O)c1C. The van der Waals surface area contributed by atoms with Gasteiger partial charge in [-0.25, -0.2) is 0 Å². The molecule has 3 rings (SSSR count). The maximum atomic E-state index is 12.3. The molecule has 0 unspecified atom stereocenters. The van der Waals surface area contributed by atoms with Crippen molar-refractivity contribution in [2.45, 2.75) is 26.2 Å². The Bertz CT molecular complexity index is 703. The smallest absolute Gasteiger partial charge is 0.251 e. The second-order valence-corrected chi connectivity index (χ2v) is 6.53. The molecule has 2 aromatic rings. The number of carbonyl (C=O) groups is 2. The Morgan fingerprint density at radius 1 is 1.43 bits per heavy atom. The van der Waals surface area contributed by atoms with E-state index in [4.69, 9.17) is 10.2 Å². The van der Waals surface area contributed by atoms with Gasteiger partial charge < -0.3 is 15.5 Å². The molecule has 5 nitrogen and oxygen atoms in total. The number of nitrogens with two attached hydrogens (primary N) is 1. The van der Waals surface area contributed by atoms with Crippen molar-refractivity contribution in [2.75, 3.05) is 5.32 Å². The van der Waals surface area contributed by atoms with E-state index >= 15 is 0 Å². The molecule has 1 aliphatic rings. The van der Waals surface area contributed by atoms with Gasteiger partial charge in [-0.15, -0.1) is 11.3 Å². The highest BCUT2D eigenvalue weighted by molar-refractivity contribution is 7.16. The summed E-state index contributed by atoms with van der Waals surface area (Å²) in [7, 11) is 0. The predicted molar refractivity (Wildman–Crippen MR) is 80.5 cm³/mol. The van der Waals surface area contributed by atoms with Crippen LogP contribution in [-0.4, -0.2) is 11.8 Å². The summed E-state index contributed by atoms with van der Waals surface area (Å²) in [6.07, 6.45) is 2.38. The van der Waals surface area contributed by atoms with E-state index < -0.39 is 5.91 Å². The molecular formula is C15H16N2O3S. The van der Waals surface area contributed by atoms with Crippen LogP contribution in [0.1, 0.15) is 38.9 Å². The number of primary amides is 1. The summed E-state index contributed by atoms with van der Waals surface area (Å²) in [5.41, 5.74) is 6.65. The third-order valence-electron chi connectivity index (χ3n) is 3.90. The van der Waals surface area contributed by atoms with E-state index in [1.165, 1.54) is 11.3 Å². The lowest BCUT2D eigenvalue weighted by molar-refractivity contribution is -0.117. The Kier molecular flexibility index (Phi) is 3.33. The van der Waals surface area contributed by atoms with Crippen LogP contribution in [0.5, 0.6) is 0 Å². The van der Waals surface area contributed by atoms with E-state index in [0.717, 1.165) is 22.6 Å². The number of carbonyl (C=O) groups excluding carboxylic acids is 2. The van der Waals surface area contributed by atoms with Gasteiger partial charge in [-0.3, -0.25) is 9.59 Å². The summed E-state index contributed by atoms with van der Waals surface area (Å²) in [4.78, 5) is 24.8. The van der Waals surface area contributed by atoms with Crippen LogP contribution in [-0.2, 0) is 4.79 Å². The van der Waals surface area contributed by atoms with Gasteiger partial charge >= 0.3 is 0 Å². The molecule has 21 heavy (non-hydrogen) atoms. The van der Waals surface area contributed by atoms with E-state index in [1.54, 1.807) is 6.26 Å². The molecule has 2 aromatic heterocycles. The first kappa shape index (κ1) is 13.9. The molecule has 0 radical (unpaired) electrons. The minimum Gasteiger partial charge on any atom is -0.469 e. The van der Waals surface area contributed by atoms with Crippen molar-refractivity contribution in [1.82, 2.24) is 0 Å². The summed E-state index contributed by atoms with van der Waals surface area (Å²) < 4.78 is 5.32. The van der Waals surface area contributed by atoms with Crippen LogP contribution < -0.4 is 11.1 Å². The van der Waals surface area contributed by atoms with Crippen LogP contribution in [0.2, 0.25) is 0 Å². The molecular weight excluding hydrogens is 288 g/mol. The number of anilines is 1. The molecule has 0 aliphatic heterocycles. The molecule has 0 spiro atoms. The summed E-state index contributed by atoms with van der Waals surface area (Å²) in [6.45, 7) is 3.75. The van der Waals surface area contributed by atoms with Crippen LogP contribution in [0.15, 0.2) is 22.8 Å². The third kappa shape index (κ3) is 2.47. The fourth-order valence-corrected chi connectivity index (χ4v) is 3.59. The van der Waals surface area contributed by atoms with E-state index in [0.29, 0.717) is 10.6 Å². The maximum Gasteiger partial charge on any atom is 0.251 e. The lowest BCUT2D eigenvalue weighted by Gasteiger charge is -2.04. The normalized spacial score (nSPS) is 20.3. The second-order valence-electron chi connectivity index (χ2n) is 5.30. The highest BCUT2D eigenvalue weighted by Crippen LogP contribution is 2.48. The fraction of sp³-hybridized carbons (Fsp3) is 0.333. The zero-order valence-corrected chi connectivity index (χ0v) is 12.6. The fourth-order valence-electron chi connectivity index (χ4n) is 2.52. The quantitative estimate of drug-likeness (QED) is 0.910. The molecule has 0 bridgehead atoms. The summed E-state index contributed by atoms with van der Waals surface area (Å²) in [6, 6.07) is 3.70. The lowest BCUT2D eigenvalue weighted by atomic mass is 10.1. The van der Waals surface area contributed by atoms with Crippen molar-refractivity contribution >= 4 is 28.2 Å². The average molecular weight is 304 g/mol. The number of rotatable bonds is 4. The van der Waals surface area contributed by atoms with E-state index in [1.807, 2.05) is 26.0 Å². The predicted octanol–water partition coefficient (Wildman–Crippen LogP) is 2.80. The number of hydrogen-bond acceptors (Lipinski definition) is 4. The van der Waals surface area contributed by atoms with Crippen LogP contribution in [0.25, 0.3) is 0 Å². The number of hydrogen-bond donors (Lipinski definition) is 2. The number of thiophene rings is 1. The van der Waals surface area contributed by atoms with Crippen LogP contribution in [0.4, 0.5) is 5.00 Å². The van der Waals surface area contributed by atoms with Crippen LogP contribution >= 0.6 is 11.3 Å². The zero-order valence-electron chi connectivity index (χ0n) is 11.8. The van der Waals surface area contributed by atoms with E-state index in [2.05, 4.69) is 5.32 Å². The summed E-state index contributed by atoms with van der Waals surface area (Å²) in [5, 5.41) is 3.39. The van der Waals surface area contributed by atoms with E-state index in [9.17, 15) is 9.59 Å². The van der Waals surface area contributed by atoms with Gasteiger partial charge in [0.2, 0.25) is 5.91 Å². The standard InChI is InChI=1S/C15H16N2O3S/c1-7-8(2)21-15(12(7)13(16)18)17-14(19)10-6-9(10)11-4-3-5-20-11/h3-5,9-10H,6H2,1-2H3,(H2,16,18)(H,17,19)/t9-,10+/m0/s1. The number of aryl methyl sites for hydroxylation is 1. The van der Waals surface area contributed by atoms with E-state index in [-0.39, 0.29) is 17.7 Å². The number of furan rings is 1. The molecule has 110 valence electrons. The molecule has 1 saturated carbocycles. The van der Waals surface area contributed by atoms with Crippen LogP contribution in [0, 0.1) is 19.8 Å². The molecule has 0 saturated heterocycles. The molecule has 1 fully saturated rings. The highest BCUT2D eigenvalue weighted by atomic mass is 32.1. The van der Waals surface area contributed by atoms with Gasteiger partial charge in [-0.05, 0) is 38.0 Å². The topological polar surface area (TPSA) is 85.3 Å². The van der Waals surface area contributed by atoms with Crippen molar-refractivity contribution in [1.29, 1.82) is 0 Å². The molecule has 2 amide bonds. The molecule has 1 aliphatic carbocycles. The number of nitrogens with one attached hydrogen (secondary N) is 1. The molecule has 3 N–H and O–H groups in total. The summed E-state index contributed by atoms with van der Waals surface area (Å²) >= 11 is 1.39. The molecule has 2 atom stereocenters. The van der Waals surface area contributed by atoms with Crippen LogP contribution in [0.3, 0.4) is 0 Å². The Morgan fingerprint density at radius 2 is 2.19 bits per heavy atom. The van der Waals surface area contributed by atoms with Gasteiger partial charge in [0.25, 0.3) is 5.91 Å². The Balaban J connectivity index is 1.75. The third-order valence-corrected chi connectivity index (χ3v) is 5.03. The van der Waals surface area contributed by atoms with Gasteiger partial charge in [0, 0.05) is 16.7 Å². The maximum absolute atomic E-state index is 12.3. The average Bonchev–Trinajstić information content (AvgIpc) is 2.93. The van der Waals surface area contributed by atoms with Gasteiger partial charge in [-0.2, -0.15) is 0 Å². The van der Waals surface area contributed by atoms with Gasteiger partial charge in [0.15, 0.2) is 0 Å². The van der Waals surface area contributed by atoms with Crippen molar-refractivity contribution in [3.05, 3.63) is 40.2 Å². The Labute approximate surface area is 126 Å². The van der Waals surface area contributed by atoms with Crippen molar-refractivity contribution < 1.29 is 14.0 Å². The minimum atomic E-state index is -0.509. The van der Waals surface area contributed by atoms with Crippen molar-refractivity contribution in [3.63, 3.8) is 0 Å². The van der Waals surface area contributed by atoms with Crippen molar-refractivity contribution in [3.8, 4) is 0 Å². The van der Waals surface area contributed by atoms with Crippen molar-refractivity contribution in [2.24, 2.45) is 11.7 Å². The molecule has 0 aromatic carbocycles. The first-order chi connectivity index (χ1) is 9.99. The lowest BCUT2D eigenvalue weighted by Crippen LogP contribution is -2.18. The largest absolute Gasteiger partial charge is 0.469 e. The highest BCUT2D eigenvalue weighted by Gasteiger charge is 2.46. The Hall–Kier alpha value is -2.08. The molecule has 6 heteroatoms.